The lowest BCUT2D eigenvalue weighted by Gasteiger charge is -2.32. The molecule has 1 fully saturated rings. The maximum Gasteiger partial charge on any atom is 0.276 e. The molecule has 4 N–H and O–H groups in total. The number of carbonyl (C=O) groups excluding carboxylic acids is 1. The van der Waals surface area contributed by atoms with Crippen LogP contribution in [0, 0.1) is 0 Å². The molecule has 2 rings (SSSR count). The number of hydrogen-bond acceptors (Lipinski definition) is 4. The van der Waals surface area contributed by atoms with Crippen molar-refractivity contribution in [2.45, 2.75) is 6.54 Å². The Labute approximate surface area is 118 Å². The first-order chi connectivity index (χ1) is 9.36. The summed E-state index contributed by atoms with van der Waals surface area (Å²) in [4.78, 5) is 13.1. The lowest BCUT2D eigenvalue weighted by Crippen LogP contribution is -2.50. The predicted octanol–water partition coefficient (Wildman–Crippen LogP) is -0.893. The Kier molecular flexibility index (Phi) is 4.39. The molecule has 1 heterocycles. The monoisotopic (exact) mass is 298 g/mol. The van der Waals surface area contributed by atoms with Crippen molar-refractivity contribution < 1.29 is 13.2 Å². The fourth-order valence-electron chi connectivity index (χ4n) is 2.17. The molecule has 1 aliphatic heterocycles. The van der Waals surface area contributed by atoms with Crippen LogP contribution in [0.25, 0.3) is 0 Å². The lowest BCUT2D eigenvalue weighted by molar-refractivity contribution is 0.1000. The summed E-state index contributed by atoms with van der Waals surface area (Å²) in [5, 5.41) is 5.09. The van der Waals surface area contributed by atoms with E-state index in [0.717, 1.165) is 5.56 Å². The first kappa shape index (κ1) is 14.9. The third kappa shape index (κ3) is 3.76. The summed E-state index contributed by atoms with van der Waals surface area (Å²) in [6, 6.07) is 7.09. The third-order valence-electron chi connectivity index (χ3n) is 3.34. The number of benzene rings is 1. The van der Waals surface area contributed by atoms with Gasteiger partial charge in [0.05, 0.1) is 0 Å². The van der Waals surface area contributed by atoms with Gasteiger partial charge in [0.1, 0.15) is 0 Å². The second kappa shape index (κ2) is 5.88. The normalized spacial score (nSPS) is 18.1. The molecule has 8 heteroatoms. The molecule has 1 aliphatic rings. The highest BCUT2D eigenvalue weighted by molar-refractivity contribution is 7.86. The Hall–Kier alpha value is -1.48. The Bertz CT molecular complexity index is 577. The minimum atomic E-state index is -3.58. The Morgan fingerprint density at radius 3 is 2.10 bits per heavy atom. The molecule has 20 heavy (non-hydrogen) atoms. The topological polar surface area (TPSA) is 110 Å². The van der Waals surface area contributed by atoms with E-state index < -0.39 is 16.1 Å². The van der Waals surface area contributed by atoms with Gasteiger partial charge in [0.15, 0.2) is 0 Å². The summed E-state index contributed by atoms with van der Waals surface area (Å²) in [6.45, 7) is 2.77. The van der Waals surface area contributed by atoms with E-state index in [0.29, 0.717) is 38.3 Å². The van der Waals surface area contributed by atoms with E-state index in [1.165, 1.54) is 4.31 Å². The average Bonchev–Trinajstić information content (AvgIpc) is 2.39. The zero-order valence-electron chi connectivity index (χ0n) is 11.0. The predicted molar refractivity (Wildman–Crippen MR) is 74.9 cm³/mol. The van der Waals surface area contributed by atoms with Crippen LogP contribution in [0.15, 0.2) is 24.3 Å². The van der Waals surface area contributed by atoms with Crippen LogP contribution in [-0.2, 0) is 16.8 Å². The molecule has 0 atom stereocenters. The minimum absolute atomic E-state index is 0.401. The number of nitrogens with zero attached hydrogens (tertiary/aromatic N) is 2. The Morgan fingerprint density at radius 2 is 1.65 bits per heavy atom. The molecule has 0 saturated carbocycles. The van der Waals surface area contributed by atoms with Gasteiger partial charge in [-0.1, -0.05) is 12.1 Å². The zero-order chi connectivity index (χ0) is 14.8. The number of primary amides is 1. The van der Waals surface area contributed by atoms with Crippen LogP contribution in [0.1, 0.15) is 15.9 Å². The third-order valence-corrected chi connectivity index (χ3v) is 4.42. The molecule has 1 aromatic carbocycles. The second-order valence-electron chi connectivity index (χ2n) is 4.78. The van der Waals surface area contributed by atoms with Crippen molar-refractivity contribution in [3.05, 3.63) is 35.4 Å². The fourth-order valence-corrected chi connectivity index (χ4v) is 2.85. The van der Waals surface area contributed by atoms with Crippen molar-refractivity contribution in [1.29, 1.82) is 0 Å². The van der Waals surface area contributed by atoms with Crippen LogP contribution in [-0.4, -0.2) is 49.7 Å². The smallest absolute Gasteiger partial charge is 0.276 e. The van der Waals surface area contributed by atoms with Crippen molar-refractivity contribution in [2.24, 2.45) is 10.9 Å². The maximum atomic E-state index is 11.2. The Balaban J connectivity index is 1.91. The van der Waals surface area contributed by atoms with Gasteiger partial charge in [-0.3, -0.25) is 9.69 Å². The van der Waals surface area contributed by atoms with Crippen molar-refractivity contribution >= 4 is 16.1 Å². The first-order valence-corrected chi connectivity index (χ1v) is 7.75. The van der Waals surface area contributed by atoms with Gasteiger partial charge >= 0.3 is 0 Å². The van der Waals surface area contributed by atoms with Gasteiger partial charge in [0.25, 0.3) is 10.2 Å². The SMILES string of the molecule is NC(=O)c1ccc(CN2CCN(S(N)(=O)=O)CC2)cc1. The summed E-state index contributed by atoms with van der Waals surface area (Å²) < 4.78 is 23.7. The minimum Gasteiger partial charge on any atom is -0.366 e. The molecule has 0 radical (unpaired) electrons. The van der Waals surface area contributed by atoms with Crippen LogP contribution in [0.2, 0.25) is 0 Å². The van der Waals surface area contributed by atoms with Gasteiger partial charge in [0, 0.05) is 38.3 Å². The summed E-state index contributed by atoms with van der Waals surface area (Å²) >= 11 is 0. The molecule has 0 aliphatic carbocycles. The zero-order valence-corrected chi connectivity index (χ0v) is 11.8. The summed E-state index contributed by atoms with van der Waals surface area (Å²) in [6.07, 6.45) is 0. The van der Waals surface area contributed by atoms with Crippen LogP contribution in [0.4, 0.5) is 0 Å². The number of hydrogen-bond donors (Lipinski definition) is 2. The molecule has 0 spiro atoms. The van der Waals surface area contributed by atoms with E-state index in [-0.39, 0.29) is 0 Å². The molecule has 0 aromatic heterocycles. The largest absolute Gasteiger partial charge is 0.366 e. The molecule has 1 saturated heterocycles. The molecule has 1 amide bonds. The molecular weight excluding hydrogens is 280 g/mol. The average molecular weight is 298 g/mol. The van der Waals surface area contributed by atoms with Crippen LogP contribution in [0.5, 0.6) is 0 Å². The summed E-state index contributed by atoms with van der Waals surface area (Å²) in [7, 11) is -3.58. The van der Waals surface area contributed by atoms with Crippen molar-refractivity contribution in [2.75, 3.05) is 26.2 Å². The van der Waals surface area contributed by atoms with Crippen LogP contribution < -0.4 is 10.9 Å². The highest BCUT2D eigenvalue weighted by Gasteiger charge is 2.23. The first-order valence-electron chi connectivity index (χ1n) is 6.25. The van der Waals surface area contributed by atoms with Gasteiger partial charge in [-0.05, 0) is 17.7 Å². The van der Waals surface area contributed by atoms with Gasteiger partial charge in [-0.15, -0.1) is 0 Å². The van der Waals surface area contributed by atoms with E-state index >= 15 is 0 Å². The van der Waals surface area contributed by atoms with Gasteiger partial charge in [0.2, 0.25) is 5.91 Å². The molecule has 7 nitrogen and oxygen atoms in total. The fraction of sp³-hybridized carbons (Fsp3) is 0.417. The lowest BCUT2D eigenvalue weighted by atomic mass is 10.1. The number of nitrogens with two attached hydrogens (primary N) is 2. The molecular formula is C12H18N4O3S. The van der Waals surface area contributed by atoms with E-state index in [1.807, 2.05) is 12.1 Å². The van der Waals surface area contributed by atoms with E-state index in [9.17, 15) is 13.2 Å². The number of rotatable bonds is 4. The van der Waals surface area contributed by atoms with Crippen molar-refractivity contribution in [3.63, 3.8) is 0 Å². The molecule has 0 bridgehead atoms. The van der Waals surface area contributed by atoms with E-state index in [2.05, 4.69) is 4.90 Å². The number of piperazine rings is 1. The molecule has 0 unspecified atom stereocenters. The molecule has 1 aromatic rings. The van der Waals surface area contributed by atoms with Crippen LogP contribution >= 0.6 is 0 Å². The number of amides is 1. The van der Waals surface area contributed by atoms with Crippen molar-refractivity contribution in [3.8, 4) is 0 Å². The van der Waals surface area contributed by atoms with Gasteiger partial charge in [-0.2, -0.15) is 12.7 Å². The summed E-state index contributed by atoms with van der Waals surface area (Å²) in [5.41, 5.74) is 6.71. The highest BCUT2D eigenvalue weighted by Crippen LogP contribution is 2.11. The maximum absolute atomic E-state index is 11.2. The highest BCUT2D eigenvalue weighted by atomic mass is 32.2. The summed E-state index contributed by atoms with van der Waals surface area (Å²) in [5.74, 6) is -0.446. The van der Waals surface area contributed by atoms with E-state index in [4.69, 9.17) is 10.9 Å². The number of carbonyl (C=O) groups is 1. The Morgan fingerprint density at radius 1 is 1.10 bits per heavy atom. The molecule has 110 valence electrons. The van der Waals surface area contributed by atoms with E-state index in [1.54, 1.807) is 12.1 Å². The van der Waals surface area contributed by atoms with Gasteiger partial charge in [-0.25, -0.2) is 5.14 Å². The van der Waals surface area contributed by atoms with Crippen molar-refractivity contribution in [1.82, 2.24) is 9.21 Å². The standard InChI is InChI=1S/C12H18N4O3S/c13-12(17)11-3-1-10(2-4-11)9-15-5-7-16(8-6-15)20(14,18)19/h1-4H,5-9H2,(H2,13,17)(H2,14,18,19). The van der Waals surface area contributed by atoms with Gasteiger partial charge < -0.3 is 5.73 Å². The second-order valence-corrected chi connectivity index (χ2v) is 6.33. The quantitative estimate of drug-likeness (QED) is 0.751. The van der Waals surface area contributed by atoms with Crippen LogP contribution in [0.3, 0.4) is 0 Å².